The van der Waals surface area contributed by atoms with Crippen molar-refractivity contribution in [3.8, 4) is 11.5 Å². The molecule has 1 saturated heterocycles. The van der Waals surface area contributed by atoms with E-state index < -0.39 is 17.4 Å². The zero-order valence-electron chi connectivity index (χ0n) is 13.0. The van der Waals surface area contributed by atoms with E-state index in [9.17, 15) is 14.7 Å². The Bertz CT molecular complexity index is 536. The van der Waals surface area contributed by atoms with Gasteiger partial charge in [-0.15, -0.1) is 0 Å². The van der Waals surface area contributed by atoms with Crippen LogP contribution in [0.4, 0.5) is 0 Å². The third-order valence-corrected chi connectivity index (χ3v) is 3.48. The minimum Gasteiger partial charge on any atom is -0.494 e. The smallest absolute Gasteiger partial charge is 0.331 e. The van der Waals surface area contributed by atoms with Crippen LogP contribution in [0.3, 0.4) is 0 Å². The number of carboxylic acids is 1. The highest BCUT2D eigenvalue weighted by Gasteiger charge is 2.43. The van der Waals surface area contributed by atoms with Gasteiger partial charge in [-0.3, -0.25) is 4.79 Å². The molecule has 0 radical (unpaired) electrons. The van der Waals surface area contributed by atoms with E-state index >= 15 is 0 Å². The van der Waals surface area contributed by atoms with Crippen molar-refractivity contribution in [1.82, 2.24) is 5.32 Å². The van der Waals surface area contributed by atoms with E-state index in [1.165, 1.54) is 0 Å². The van der Waals surface area contributed by atoms with Crippen LogP contribution in [0.2, 0.25) is 0 Å². The maximum Gasteiger partial charge on any atom is 0.331 e. The number of rotatable bonds is 8. The van der Waals surface area contributed by atoms with Gasteiger partial charge in [-0.2, -0.15) is 0 Å². The molecule has 1 atom stereocenters. The molecular weight excluding hydrogens is 302 g/mol. The second-order valence-corrected chi connectivity index (χ2v) is 5.35. The largest absolute Gasteiger partial charge is 0.494 e. The lowest BCUT2D eigenvalue weighted by molar-refractivity contribution is -0.148. The summed E-state index contributed by atoms with van der Waals surface area (Å²) in [4.78, 5) is 23.2. The molecule has 1 aromatic rings. The molecule has 7 nitrogen and oxygen atoms in total. The van der Waals surface area contributed by atoms with Gasteiger partial charge in [0.1, 0.15) is 11.5 Å². The Kier molecular flexibility index (Phi) is 5.81. The van der Waals surface area contributed by atoms with Crippen molar-refractivity contribution in [1.29, 1.82) is 0 Å². The molecule has 1 heterocycles. The monoisotopic (exact) mass is 323 g/mol. The molecular formula is C16H21NO6. The number of carboxylic acid groups (broad SMARTS) is 1. The van der Waals surface area contributed by atoms with Crippen molar-refractivity contribution >= 4 is 11.9 Å². The standard InChI is InChI=1S/C16H21NO6/c1-2-8-22-12-3-5-13(6-4-12)23-10-14(18)17-16(15(19)20)7-9-21-11-16/h3-6H,2,7-11H2,1H3,(H,17,18)(H,19,20). The molecule has 0 spiro atoms. The number of aliphatic carboxylic acids is 1. The normalized spacial score (nSPS) is 20.0. The van der Waals surface area contributed by atoms with E-state index in [-0.39, 0.29) is 19.6 Å². The minimum absolute atomic E-state index is 0.0302. The first-order chi connectivity index (χ1) is 11.1. The average Bonchev–Trinajstić information content (AvgIpc) is 3.02. The fourth-order valence-corrected chi connectivity index (χ4v) is 2.19. The van der Waals surface area contributed by atoms with Crippen molar-refractivity contribution in [3.63, 3.8) is 0 Å². The summed E-state index contributed by atoms with van der Waals surface area (Å²) < 4.78 is 15.9. The highest BCUT2D eigenvalue weighted by atomic mass is 16.5. The van der Waals surface area contributed by atoms with E-state index in [1.807, 2.05) is 6.92 Å². The van der Waals surface area contributed by atoms with Crippen molar-refractivity contribution in [2.24, 2.45) is 0 Å². The minimum atomic E-state index is -1.35. The molecule has 0 bridgehead atoms. The lowest BCUT2D eigenvalue weighted by Gasteiger charge is -2.23. The molecule has 1 unspecified atom stereocenters. The summed E-state index contributed by atoms with van der Waals surface area (Å²) in [5, 5.41) is 11.7. The molecule has 23 heavy (non-hydrogen) atoms. The number of hydrogen-bond donors (Lipinski definition) is 2. The number of nitrogens with one attached hydrogen (secondary N) is 1. The number of hydrogen-bond acceptors (Lipinski definition) is 5. The van der Waals surface area contributed by atoms with Crippen LogP contribution in [-0.4, -0.2) is 48.9 Å². The fourth-order valence-electron chi connectivity index (χ4n) is 2.19. The molecule has 1 fully saturated rings. The Balaban J connectivity index is 1.83. The Morgan fingerprint density at radius 2 is 1.91 bits per heavy atom. The molecule has 126 valence electrons. The first-order valence-corrected chi connectivity index (χ1v) is 7.53. The van der Waals surface area contributed by atoms with Gasteiger partial charge in [0, 0.05) is 13.0 Å². The van der Waals surface area contributed by atoms with Gasteiger partial charge in [0.15, 0.2) is 12.1 Å². The van der Waals surface area contributed by atoms with Crippen LogP contribution in [0.5, 0.6) is 11.5 Å². The van der Waals surface area contributed by atoms with Gasteiger partial charge in [-0.1, -0.05) is 6.92 Å². The lowest BCUT2D eigenvalue weighted by Crippen LogP contribution is -2.56. The van der Waals surface area contributed by atoms with Gasteiger partial charge < -0.3 is 24.6 Å². The third-order valence-electron chi connectivity index (χ3n) is 3.48. The summed E-state index contributed by atoms with van der Waals surface area (Å²) >= 11 is 0. The van der Waals surface area contributed by atoms with Crippen LogP contribution < -0.4 is 14.8 Å². The van der Waals surface area contributed by atoms with Crippen molar-refractivity contribution < 1.29 is 28.9 Å². The molecule has 1 aliphatic rings. The summed E-state index contributed by atoms with van der Waals surface area (Å²) in [6, 6.07) is 6.91. The molecule has 0 aromatic heterocycles. The number of carbonyl (C=O) groups excluding carboxylic acids is 1. The molecule has 1 amide bonds. The first-order valence-electron chi connectivity index (χ1n) is 7.53. The van der Waals surface area contributed by atoms with Crippen LogP contribution in [0, 0.1) is 0 Å². The number of amides is 1. The van der Waals surface area contributed by atoms with Gasteiger partial charge in [0.25, 0.3) is 5.91 Å². The van der Waals surface area contributed by atoms with Crippen LogP contribution in [0.25, 0.3) is 0 Å². The molecule has 2 rings (SSSR count). The summed E-state index contributed by atoms with van der Waals surface area (Å²) in [6.45, 7) is 2.69. The van der Waals surface area contributed by atoms with Crippen LogP contribution >= 0.6 is 0 Å². The van der Waals surface area contributed by atoms with Crippen molar-refractivity contribution in [3.05, 3.63) is 24.3 Å². The van der Waals surface area contributed by atoms with Gasteiger partial charge >= 0.3 is 5.97 Å². The van der Waals surface area contributed by atoms with E-state index in [0.29, 0.717) is 19.0 Å². The molecule has 0 saturated carbocycles. The first kappa shape index (κ1) is 17.1. The van der Waals surface area contributed by atoms with Crippen molar-refractivity contribution in [2.75, 3.05) is 26.4 Å². The zero-order chi connectivity index (χ0) is 16.7. The maximum absolute atomic E-state index is 11.9. The van der Waals surface area contributed by atoms with E-state index in [2.05, 4.69) is 5.32 Å². The highest BCUT2D eigenvalue weighted by Crippen LogP contribution is 2.20. The topological polar surface area (TPSA) is 94.1 Å². The quantitative estimate of drug-likeness (QED) is 0.747. The second kappa shape index (κ2) is 7.82. The maximum atomic E-state index is 11.9. The summed E-state index contributed by atoms with van der Waals surface area (Å²) in [5.74, 6) is -0.349. The Hall–Kier alpha value is -2.28. The summed E-state index contributed by atoms with van der Waals surface area (Å²) in [5.41, 5.74) is -1.35. The highest BCUT2D eigenvalue weighted by molar-refractivity contribution is 5.88. The van der Waals surface area contributed by atoms with Gasteiger partial charge in [0.05, 0.1) is 13.2 Å². The summed E-state index contributed by atoms with van der Waals surface area (Å²) in [7, 11) is 0. The molecule has 7 heteroatoms. The second-order valence-electron chi connectivity index (χ2n) is 5.35. The average molecular weight is 323 g/mol. The van der Waals surface area contributed by atoms with Gasteiger partial charge in [-0.25, -0.2) is 4.79 Å². The zero-order valence-corrected chi connectivity index (χ0v) is 13.0. The summed E-state index contributed by atoms with van der Waals surface area (Å²) in [6.07, 6.45) is 1.17. The Labute approximate surface area is 134 Å². The van der Waals surface area contributed by atoms with Gasteiger partial charge in [0.2, 0.25) is 0 Å². The van der Waals surface area contributed by atoms with Crippen molar-refractivity contribution in [2.45, 2.75) is 25.3 Å². The number of carbonyl (C=O) groups is 2. The van der Waals surface area contributed by atoms with Crippen LogP contribution in [0.1, 0.15) is 19.8 Å². The molecule has 0 aliphatic carbocycles. The third kappa shape index (κ3) is 4.59. The number of ether oxygens (including phenoxy) is 3. The van der Waals surface area contributed by atoms with Crippen LogP contribution in [-0.2, 0) is 14.3 Å². The number of benzene rings is 1. The lowest BCUT2D eigenvalue weighted by atomic mass is 9.99. The SMILES string of the molecule is CCCOc1ccc(OCC(=O)NC2(C(=O)O)CCOC2)cc1. The van der Waals surface area contributed by atoms with Gasteiger partial charge in [-0.05, 0) is 30.7 Å². The Morgan fingerprint density at radius 1 is 1.26 bits per heavy atom. The predicted octanol–water partition coefficient (Wildman–Crippen LogP) is 1.21. The van der Waals surface area contributed by atoms with Crippen LogP contribution in [0.15, 0.2) is 24.3 Å². The molecule has 2 N–H and O–H groups in total. The predicted molar refractivity (Wildman–Crippen MR) is 81.7 cm³/mol. The molecule has 1 aromatic carbocycles. The Morgan fingerprint density at radius 3 is 2.43 bits per heavy atom. The molecule has 1 aliphatic heterocycles. The van der Waals surface area contributed by atoms with E-state index in [0.717, 1.165) is 12.2 Å². The van der Waals surface area contributed by atoms with E-state index in [1.54, 1.807) is 24.3 Å². The van der Waals surface area contributed by atoms with E-state index in [4.69, 9.17) is 14.2 Å². The fraction of sp³-hybridized carbons (Fsp3) is 0.500.